The van der Waals surface area contributed by atoms with Crippen LogP contribution in [0.2, 0.25) is 0 Å². The monoisotopic (exact) mass is 253 g/mol. The average Bonchev–Trinajstić information content (AvgIpc) is 2.55. The number of rotatable bonds is 3. The van der Waals surface area contributed by atoms with Crippen molar-refractivity contribution in [3.05, 3.63) is 0 Å². The number of hydrogen-bond acceptors (Lipinski definition) is 3. The van der Waals surface area contributed by atoms with E-state index in [0.717, 1.165) is 12.0 Å². The Morgan fingerprint density at radius 2 is 1.67 bits per heavy atom. The van der Waals surface area contributed by atoms with Crippen molar-refractivity contribution >= 4 is 0 Å². The number of nitrogens with zero attached hydrogens (tertiary/aromatic N) is 3. The summed E-state index contributed by atoms with van der Waals surface area (Å²) in [7, 11) is 2.27. The molecule has 0 aromatic rings. The smallest absolute Gasteiger partial charge is 0.0113 e. The maximum Gasteiger partial charge on any atom is 0.0113 e. The van der Waals surface area contributed by atoms with Gasteiger partial charge in [-0.25, -0.2) is 0 Å². The molecule has 18 heavy (non-hydrogen) atoms. The zero-order valence-corrected chi connectivity index (χ0v) is 12.6. The van der Waals surface area contributed by atoms with Crippen LogP contribution < -0.4 is 0 Å². The van der Waals surface area contributed by atoms with Gasteiger partial charge in [0.15, 0.2) is 0 Å². The van der Waals surface area contributed by atoms with Gasteiger partial charge in [-0.15, -0.1) is 0 Å². The van der Waals surface area contributed by atoms with Crippen molar-refractivity contribution < 1.29 is 0 Å². The third-order valence-electron chi connectivity index (χ3n) is 4.72. The molecule has 2 heterocycles. The molecule has 3 nitrogen and oxygen atoms in total. The van der Waals surface area contributed by atoms with Crippen LogP contribution in [0.1, 0.15) is 33.1 Å². The predicted molar refractivity (Wildman–Crippen MR) is 78.0 cm³/mol. The van der Waals surface area contributed by atoms with Crippen molar-refractivity contribution in [2.24, 2.45) is 5.92 Å². The highest BCUT2D eigenvalue weighted by Crippen LogP contribution is 2.19. The summed E-state index contributed by atoms with van der Waals surface area (Å²) in [5.74, 6) is 0.945. The lowest BCUT2D eigenvalue weighted by Crippen LogP contribution is -2.49. The number of hydrogen-bond donors (Lipinski definition) is 0. The van der Waals surface area contributed by atoms with Crippen LogP contribution in [0.3, 0.4) is 0 Å². The van der Waals surface area contributed by atoms with E-state index in [4.69, 9.17) is 0 Å². The van der Waals surface area contributed by atoms with Crippen LogP contribution in [-0.4, -0.2) is 73.6 Å². The molecule has 2 aliphatic rings. The summed E-state index contributed by atoms with van der Waals surface area (Å²) in [5.41, 5.74) is 0. The Labute approximate surface area is 113 Å². The summed E-state index contributed by atoms with van der Waals surface area (Å²) >= 11 is 0. The fraction of sp³-hybridized carbons (Fsp3) is 1.00. The SMILES string of the molecule is CC(C)N1CCN(CC2CCCN(C)CC2)CC1. The summed E-state index contributed by atoms with van der Waals surface area (Å²) in [6.07, 6.45) is 4.24. The van der Waals surface area contributed by atoms with Gasteiger partial charge in [-0.3, -0.25) is 4.90 Å². The van der Waals surface area contributed by atoms with E-state index in [1.807, 2.05) is 0 Å². The second-order valence-corrected chi connectivity index (χ2v) is 6.53. The predicted octanol–water partition coefficient (Wildman–Crippen LogP) is 1.74. The van der Waals surface area contributed by atoms with Crippen LogP contribution in [0.15, 0.2) is 0 Å². The molecule has 0 radical (unpaired) electrons. The molecule has 2 fully saturated rings. The molecule has 0 aliphatic carbocycles. The third-order valence-corrected chi connectivity index (χ3v) is 4.72. The normalized spacial score (nSPS) is 29.7. The van der Waals surface area contributed by atoms with Gasteiger partial charge in [-0.1, -0.05) is 0 Å². The molecule has 0 aromatic heterocycles. The highest BCUT2D eigenvalue weighted by atomic mass is 15.3. The van der Waals surface area contributed by atoms with E-state index in [2.05, 4.69) is 35.6 Å². The molecular formula is C15H31N3. The minimum atomic E-state index is 0.721. The van der Waals surface area contributed by atoms with Gasteiger partial charge in [0.1, 0.15) is 0 Å². The molecule has 0 amide bonds. The van der Waals surface area contributed by atoms with E-state index in [0.29, 0.717) is 0 Å². The largest absolute Gasteiger partial charge is 0.306 e. The Kier molecular flexibility index (Phi) is 5.46. The Bertz CT molecular complexity index is 234. The fourth-order valence-corrected chi connectivity index (χ4v) is 3.32. The lowest BCUT2D eigenvalue weighted by molar-refractivity contribution is 0.0946. The van der Waals surface area contributed by atoms with Crippen molar-refractivity contribution in [2.45, 2.75) is 39.2 Å². The molecule has 0 bridgehead atoms. The van der Waals surface area contributed by atoms with Crippen LogP contribution in [0.5, 0.6) is 0 Å². The first-order valence-electron chi connectivity index (χ1n) is 7.80. The van der Waals surface area contributed by atoms with E-state index in [1.165, 1.54) is 65.1 Å². The Hall–Kier alpha value is -0.120. The van der Waals surface area contributed by atoms with Crippen molar-refractivity contribution in [3.63, 3.8) is 0 Å². The van der Waals surface area contributed by atoms with Gasteiger partial charge < -0.3 is 9.80 Å². The first kappa shape index (κ1) is 14.3. The molecule has 2 aliphatic heterocycles. The van der Waals surface area contributed by atoms with Crippen molar-refractivity contribution in [2.75, 3.05) is 52.9 Å². The van der Waals surface area contributed by atoms with Gasteiger partial charge in [0, 0.05) is 38.8 Å². The maximum atomic E-state index is 2.70. The van der Waals surface area contributed by atoms with Gasteiger partial charge in [-0.2, -0.15) is 0 Å². The molecule has 0 spiro atoms. The summed E-state index contributed by atoms with van der Waals surface area (Å²) < 4.78 is 0. The third kappa shape index (κ3) is 4.22. The van der Waals surface area contributed by atoms with Crippen molar-refractivity contribution in [3.8, 4) is 0 Å². The van der Waals surface area contributed by atoms with Crippen LogP contribution in [0.25, 0.3) is 0 Å². The van der Waals surface area contributed by atoms with Gasteiger partial charge >= 0.3 is 0 Å². The molecule has 0 N–H and O–H groups in total. The van der Waals surface area contributed by atoms with Gasteiger partial charge in [0.05, 0.1) is 0 Å². The molecule has 3 heteroatoms. The van der Waals surface area contributed by atoms with E-state index in [1.54, 1.807) is 0 Å². The molecule has 0 saturated carbocycles. The Morgan fingerprint density at radius 1 is 0.944 bits per heavy atom. The summed E-state index contributed by atoms with van der Waals surface area (Å²) in [6, 6.07) is 0.721. The highest BCUT2D eigenvalue weighted by molar-refractivity contribution is 4.77. The molecule has 2 saturated heterocycles. The average molecular weight is 253 g/mol. The lowest BCUT2D eigenvalue weighted by Gasteiger charge is -2.38. The van der Waals surface area contributed by atoms with Gasteiger partial charge in [-0.05, 0) is 59.2 Å². The maximum absolute atomic E-state index is 2.70. The van der Waals surface area contributed by atoms with Gasteiger partial charge in [0.25, 0.3) is 0 Å². The van der Waals surface area contributed by atoms with E-state index in [-0.39, 0.29) is 0 Å². The van der Waals surface area contributed by atoms with Crippen LogP contribution in [0.4, 0.5) is 0 Å². The van der Waals surface area contributed by atoms with Crippen LogP contribution in [-0.2, 0) is 0 Å². The minimum absolute atomic E-state index is 0.721. The fourth-order valence-electron chi connectivity index (χ4n) is 3.32. The topological polar surface area (TPSA) is 9.72 Å². The first-order valence-corrected chi connectivity index (χ1v) is 7.80. The van der Waals surface area contributed by atoms with E-state index >= 15 is 0 Å². The molecule has 106 valence electrons. The Morgan fingerprint density at radius 3 is 2.33 bits per heavy atom. The van der Waals surface area contributed by atoms with Crippen LogP contribution >= 0.6 is 0 Å². The van der Waals surface area contributed by atoms with Crippen LogP contribution in [0, 0.1) is 5.92 Å². The van der Waals surface area contributed by atoms with Crippen molar-refractivity contribution in [1.82, 2.24) is 14.7 Å². The zero-order valence-electron chi connectivity index (χ0n) is 12.6. The number of piperazine rings is 1. The highest BCUT2D eigenvalue weighted by Gasteiger charge is 2.22. The molecule has 1 unspecified atom stereocenters. The second-order valence-electron chi connectivity index (χ2n) is 6.53. The van der Waals surface area contributed by atoms with E-state index in [9.17, 15) is 0 Å². The summed E-state index contributed by atoms with van der Waals surface area (Å²) in [5, 5.41) is 0. The minimum Gasteiger partial charge on any atom is -0.306 e. The quantitative estimate of drug-likeness (QED) is 0.759. The summed E-state index contributed by atoms with van der Waals surface area (Å²) in [6.45, 7) is 13.7. The molecule has 0 aromatic carbocycles. The van der Waals surface area contributed by atoms with Crippen molar-refractivity contribution in [1.29, 1.82) is 0 Å². The standard InChI is InChI=1S/C15H31N3/c1-14(2)18-11-9-17(10-12-18)13-15-5-4-7-16(3)8-6-15/h14-15H,4-13H2,1-3H3. The molecule has 2 rings (SSSR count). The van der Waals surface area contributed by atoms with E-state index < -0.39 is 0 Å². The second kappa shape index (κ2) is 6.88. The Balaban J connectivity index is 1.71. The number of likely N-dealkylation sites (tertiary alicyclic amines) is 1. The molecular weight excluding hydrogens is 222 g/mol. The first-order chi connectivity index (χ1) is 8.65. The summed E-state index contributed by atoms with van der Waals surface area (Å²) in [4.78, 5) is 7.81. The molecule has 1 atom stereocenters. The van der Waals surface area contributed by atoms with Gasteiger partial charge in [0.2, 0.25) is 0 Å². The lowest BCUT2D eigenvalue weighted by atomic mass is 9.99. The zero-order chi connectivity index (χ0) is 13.0.